The summed E-state index contributed by atoms with van der Waals surface area (Å²) in [6.45, 7) is 7.26. The van der Waals surface area contributed by atoms with Gasteiger partial charge in [0.25, 0.3) is 0 Å². The molecular formula is C23H35ClN4O. The molecule has 0 spiro atoms. The third-order valence-electron chi connectivity index (χ3n) is 5.68. The molecule has 2 atom stereocenters. The quantitative estimate of drug-likeness (QED) is 0.542. The van der Waals surface area contributed by atoms with E-state index >= 15 is 0 Å². The fourth-order valence-electron chi connectivity index (χ4n) is 3.84. The Morgan fingerprint density at radius 3 is 2.55 bits per heavy atom. The standard InChI is InChI=1S/C23H35ClN4O/c1-19(27-12-5-4-6-13-27)18-28-14-11-25-22(28)17-20-7-9-21(10-8-20)23(24)29-16-15-26(2)3/h7-11,14,19,23H,4-6,12-13,15-18H2,1-3H3. The number of likely N-dealkylation sites (N-methyl/N-ethyl adjacent to an activating group) is 1. The van der Waals surface area contributed by atoms with Gasteiger partial charge in [-0.2, -0.15) is 0 Å². The van der Waals surface area contributed by atoms with Gasteiger partial charge in [0, 0.05) is 37.9 Å². The van der Waals surface area contributed by atoms with Gasteiger partial charge in [0.05, 0.1) is 6.61 Å². The Kier molecular flexibility index (Phi) is 8.54. The van der Waals surface area contributed by atoms with Crippen molar-refractivity contribution in [3.05, 3.63) is 53.6 Å². The molecule has 0 aliphatic carbocycles. The molecule has 0 saturated carbocycles. The number of halogens is 1. The molecule has 6 heteroatoms. The molecule has 0 radical (unpaired) electrons. The zero-order valence-corrected chi connectivity index (χ0v) is 18.8. The normalized spacial score (nSPS) is 17.6. The summed E-state index contributed by atoms with van der Waals surface area (Å²) in [4.78, 5) is 9.31. The van der Waals surface area contributed by atoms with E-state index in [1.807, 2.05) is 20.3 Å². The van der Waals surface area contributed by atoms with Gasteiger partial charge in [0.1, 0.15) is 5.82 Å². The van der Waals surface area contributed by atoms with Crippen LogP contribution in [0.25, 0.3) is 0 Å². The maximum absolute atomic E-state index is 6.38. The molecule has 160 valence electrons. The summed E-state index contributed by atoms with van der Waals surface area (Å²) >= 11 is 6.38. The van der Waals surface area contributed by atoms with Crippen LogP contribution in [0.1, 0.15) is 48.7 Å². The van der Waals surface area contributed by atoms with Crippen LogP contribution in [0.3, 0.4) is 0 Å². The van der Waals surface area contributed by atoms with Crippen LogP contribution in [0.4, 0.5) is 0 Å². The number of rotatable bonds is 10. The van der Waals surface area contributed by atoms with Gasteiger partial charge in [-0.1, -0.05) is 42.3 Å². The van der Waals surface area contributed by atoms with E-state index in [-0.39, 0.29) is 0 Å². The van der Waals surface area contributed by atoms with Crippen molar-refractivity contribution in [1.29, 1.82) is 0 Å². The van der Waals surface area contributed by atoms with Crippen molar-refractivity contribution in [2.24, 2.45) is 0 Å². The molecule has 0 amide bonds. The number of alkyl halides is 1. The highest BCUT2D eigenvalue weighted by Crippen LogP contribution is 2.23. The Morgan fingerprint density at radius 1 is 1.14 bits per heavy atom. The maximum Gasteiger partial charge on any atom is 0.156 e. The molecule has 29 heavy (non-hydrogen) atoms. The Balaban J connectivity index is 1.54. The topological polar surface area (TPSA) is 33.5 Å². The van der Waals surface area contributed by atoms with Crippen LogP contribution in [0.2, 0.25) is 0 Å². The Labute approximate surface area is 180 Å². The van der Waals surface area contributed by atoms with E-state index in [1.54, 1.807) is 0 Å². The second-order valence-corrected chi connectivity index (χ2v) is 8.75. The van der Waals surface area contributed by atoms with Crippen molar-refractivity contribution in [1.82, 2.24) is 19.4 Å². The van der Waals surface area contributed by atoms with E-state index in [2.05, 4.69) is 56.7 Å². The molecule has 0 N–H and O–H groups in total. The summed E-state index contributed by atoms with van der Waals surface area (Å²) in [6.07, 6.45) is 8.88. The highest BCUT2D eigenvalue weighted by Gasteiger charge is 2.18. The number of benzene rings is 1. The number of ether oxygens (including phenoxy) is 1. The first-order valence-electron chi connectivity index (χ1n) is 10.8. The lowest BCUT2D eigenvalue weighted by Crippen LogP contribution is -2.39. The number of aromatic nitrogens is 2. The molecule has 2 unspecified atom stereocenters. The lowest BCUT2D eigenvalue weighted by molar-refractivity contribution is 0.0939. The van der Waals surface area contributed by atoms with Crippen LogP contribution < -0.4 is 0 Å². The van der Waals surface area contributed by atoms with Crippen molar-refractivity contribution in [2.75, 3.05) is 40.3 Å². The second-order valence-electron chi connectivity index (χ2n) is 8.35. The summed E-state index contributed by atoms with van der Waals surface area (Å²) in [5.74, 6) is 1.12. The number of hydrogen-bond donors (Lipinski definition) is 0. The van der Waals surface area contributed by atoms with Gasteiger partial charge in [-0.3, -0.25) is 4.90 Å². The molecule has 3 rings (SSSR count). The summed E-state index contributed by atoms with van der Waals surface area (Å²) in [7, 11) is 4.05. The van der Waals surface area contributed by atoms with Crippen LogP contribution in [-0.4, -0.2) is 65.7 Å². The lowest BCUT2D eigenvalue weighted by Gasteiger charge is -2.32. The third kappa shape index (κ3) is 6.82. The first-order chi connectivity index (χ1) is 14.0. The molecule has 2 heterocycles. The fourth-order valence-corrected chi connectivity index (χ4v) is 4.07. The number of piperidine rings is 1. The molecule has 1 saturated heterocycles. The molecule has 1 aromatic heterocycles. The van der Waals surface area contributed by atoms with Gasteiger partial charge < -0.3 is 14.2 Å². The van der Waals surface area contributed by atoms with E-state index in [1.165, 1.54) is 37.9 Å². The minimum absolute atomic E-state index is 0.406. The number of likely N-dealkylation sites (tertiary alicyclic amines) is 1. The summed E-state index contributed by atoms with van der Waals surface area (Å²) in [5.41, 5.74) is 1.83. The monoisotopic (exact) mass is 418 g/mol. The van der Waals surface area contributed by atoms with Crippen LogP contribution in [0.5, 0.6) is 0 Å². The second kappa shape index (κ2) is 11.1. The zero-order valence-electron chi connectivity index (χ0n) is 18.1. The highest BCUT2D eigenvalue weighted by molar-refractivity contribution is 6.19. The maximum atomic E-state index is 6.38. The minimum atomic E-state index is -0.406. The Morgan fingerprint density at radius 2 is 1.86 bits per heavy atom. The van der Waals surface area contributed by atoms with Gasteiger partial charge >= 0.3 is 0 Å². The van der Waals surface area contributed by atoms with Crippen LogP contribution in [-0.2, 0) is 17.7 Å². The van der Waals surface area contributed by atoms with E-state index in [0.717, 1.165) is 30.9 Å². The molecule has 1 aromatic carbocycles. The fraction of sp³-hybridized carbons (Fsp3) is 0.609. The zero-order chi connectivity index (χ0) is 20.6. The van der Waals surface area contributed by atoms with E-state index in [0.29, 0.717) is 12.6 Å². The van der Waals surface area contributed by atoms with Gasteiger partial charge in [-0.15, -0.1) is 0 Å². The Bertz CT molecular complexity index is 725. The van der Waals surface area contributed by atoms with Crippen molar-refractivity contribution in [3.8, 4) is 0 Å². The number of hydrogen-bond acceptors (Lipinski definition) is 4. The molecule has 1 fully saturated rings. The summed E-state index contributed by atoms with van der Waals surface area (Å²) in [6, 6.07) is 8.93. The predicted molar refractivity (Wildman–Crippen MR) is 119 cm³/mol. The van der Waals surface area contributed by atoms with Gasteiger partial charge in [-0.05, 0) is 58.1 Å². The first kappa shape index (κ1) is 22.3. The first-order valence-corrected chi connectivity index (χ1v) is 11.2. The SMILES string of the molecule is CC(Cn1ccnc1Cc1ccc(C(Cl)OCCN(C)C)cc1)N1CCCCC1. The molecule has 1 aliphatic heterocycles. The molecular weight excluding hydrogens is 384 g/mol. The van der Waals surface area contributed by atoms with E-state index < -0.39 is 5.56 Å². The van der Waals surface area contributed by atoms with Gasteiger partial charge in [0.2, 0.25) is 0 Å². The van der Waals surface area contributed by atoms with Crippen molar-refractivity contribution < 1.29 is 4.74 Å². The molecule has 2 aromatic rings. The largest absolute Gasteiger partial charge is 0.357 e. The molecule has 1 aliphatic rings. The summed E-state index contributed by atoms with van der Waals surface area (Å²) in [5, 5.41) is 0. The average molecular weight is 419 g/mol. The molecule has 0 bridgehead atoms. The highest BCUT2D eigenvalue weighted by atomic mass is 35.5. The average Bonchev–Trinajstić information content (AvgIpc) is 3.15. The smallest absolute Gasteiger partial charge is 0.156 e. The molecule has 5 nitrogen and oxygen atoms in total. The minimum Gasteiger partial charge on any atom is -0.357 e. The number of imidazole rings is 1. The van der Waals surface area contributed by atoms with Crippen molar-refractivity contribution in [3.63, 3.8) is 0 Å². The Hall–Kier alpha value is -1.40. The number of nitrogens with zero attached hydrogens (tertiary/aromatic N) is 4. The summed E-state index contributed by atoms with van der Waals surface area (Å²) < 4.78 is 8.02. The van der Waals surface area contributed by atoms with E-state index in [9.17, 15) is 0 Å². The van der Waals surface area contributed by atoms with Gasteiger partial charge in [-0.25, -0.2) is 4.98 Å². The van der Waals surface area contributed by atoms with E-state index in [4.69, 9.17) is 16.3 Å². The van der Waals surface area contributed by atoms with Crippen molar-refractivity contribution in [2.45, 2.75) is 50.8 Å². The third-order valence-corrected chi connectivity index (χ3v) is 6.06. The van der Waals surface area contributed by atoms with Crippen LogP contribution in [0, 0.1) is 0 Å². The van der Waals surface area contributed by atoms with Crippen LogP contribution in [0.15, 0.2) is 36.7 Å². The predicted octanol–water partition coefficient (Wildman–Crippen LogP) is 4.16. The van der Waals surface area contributed by atoms with Crippen LogP contribution >= 0.6 is 11.6 Å². The van der Waals surface area contributed by atoms with Gasteiger partial charge in [0.15, 0.2) is 5.56 Å². The van der Waals surface area contributed by atoms with Crippen molar-refractivity contribution >= 4 is 11.6 Å². The lowest BCUT2D eigenvalue weighted by atomic mass is 10.1.